The molecule has 8 nitrogen and oxygen atoms in total. The number of carbonyl (C=O) groups excluding carboxylic acids is 1. The lowest BCUT2D eigenvalue weighted by molar-refractivity contribution is 0.0922. The molecule has 3 heterocycles. The summed E-state index contributed by atoms with van der Waals surface area (Å²) in [5, 5.41) is 15.5. The van der Waals surface area contributed by atoms with Gasteiger partial charge in [-0.25, -0.2) is 8.42 Å². The van der Waals surface area contributed by atoms with Crippen LogP contribution in [-0.2, 0) is 10.0 Å². The fraction of sp³-hybridized carbons (Fsp3) is 0.643. The van der Waals surface area contributed by atoms with Crippen molar-refractivity contribution >= 4 is 27.7 Å². The van der Waals surface area contributed by atoms with Crippen LogP contribution in [0.25, 0.3) is 0 Å². The molecule has 0 radical (unpaired) electrons. The van der Waals surface area contributed by atoms with E-state index in [1.165, 1.54) is 16.6 Å². The number of aliphatic hydroxyl groups is 1. The number of β-amino-alcohol motifs (C(OH)–C–C–N with tert-alkyl or cyclic N) is 1. The summed E-state index contributed by atoms with van der Waals surface area (Å²) in [7, 11) is -3.56. The van der Waals surface area contributed by atoms with Gasteiger partial charge in [0.15, 0.2) is 0 Å². The van der Waals surface area contributed by atoms with Gasteiger partial charge in [0.1, 0.15) is 10.6 Å². The van der Waals surface area contributed by atoms with Gasteiger partial charge in [-0.05, 0) is 6.07 Å². The molecule has 134 valence electrons. The Bertz CT molecular complexity index is 685. The Morgan fingerprint density at radius 3 is 2.79 bits per heavy atom. The van der Waals surface area contributed by atoms with Crippen molar-refractivity contribution < 1.29 is 18.3 Å². The van der Waals surface area contributed by atoms with Gasteiger partial charge < -0.3 is 20.7 Å². The number of sulfonamides is 1. The maximum atomic E-state index is 12.6. The third kappa shape index (κ3) is 3.77. The second-order valence-electron chi connectivity index (χ2n) is 5.96. The lowest BCUT2D eigenvalue weighted by atomic mass is 10.1. The van der Waals surface area contributed by atoms with E-state index in [1.807, 2.05) is 0 Å². The van der Waals surface area contributed by atoms with E-state index in [2.05, 4.69) is 15.6 Å². The number of nitrogens with zero attached hydrogens (tertiary/aromatic N) is 1. The van der Waals surface area contributed by atoms with Gasteiger partial charge in [0.05, 0.1) is 6.10 Å². The summed E-state index contributed by atoms with van der Waals surface area (Å²) in [6.45, 7) is 2.51. The van der Waals surface area contributed by atoms with Crippen molar-refractivity contribution in [1.29, 1.82) is 0 Å². The monoisotopic (exact) mass is 374 g/mol. The molecule has 0 aromatic carbocycles. The number of thioether (sulfide) groups is 1. The molecule has 1 aromatic rings. The van der Waals surface area contributed by atoms with Crippen molar-refractivity contribution in [2.45, 2.75) is 11.0 Å². The first-order valence-corrected chi connectivity index (χ1v) is 10.5. The highest BCUT2D eigenvalue weighted by molar-refractivity contribution is 7.99. The van der Waals surface area contributed by atoms with E-state index >= 15 is 0 Å². The van der Waals surface area contributed by atoms with Crippen molar-refractivity contribution in [3.63, 3.8) is 0 Å². The average molecular weight is 374 g/mol. The number of hydrogen-bond acceptors (Lipinski definition) is 6. The molecule has 2 aliphatic heterocycles. The molecule has 4 N–H and O–H groups in total. The van der Waals surface area contributed by atoms with Crippen molar-refractivity contribution in [2.24, 2.45) is 5.92 Å². The van der Waals surface area contributed by atoms with Crippen LogP contribution < -0.4 is 10.6 Å². The van der Waals surface area contributed by atoms with Crippen LogP contribution in [0.1, 0.15) is 10.5 Å². The first kappa shape index (κ1) is 17.7. The topological polar surface area (TPSA) is 115 Å². The molecular weight excluding hydrogens is 352 g/mol. The number of amides is 1. The molecule has 2 atom stereocenters. The van der Waals surface area contributed by atoms with Crippen LogP contribution in [0.15, 0.2) is 17.2 Å². The van der Waals surface area contributed by atoms with Crippen molar-refractivity contribution in [3.05, 3.63) is 18.0 Å². The number of aromatic amines is 1. The van der Waals surface area contributed by atoms with Crippen LogP contribution in [-0.4, -0.2) is 79.1 Å². The fourth-order valence-corrected chi connectivity index (χ4v) is 5.41. The summed E-state index contributed by atoms with van der Waals surface area (Å²) in [5.74, 6) is 1.17. The molecule has 2 unspecified atom stereocenters. The number of H-pyrrole nitrogens is 1. The number of hydrogen-bond donors (Lipinski definition) is 4. The van der Waals surface area contributed by atoms with Crippen LogP contribution >= 0.6 is 11.8 Å². The maximum Gasteiger partial charge on any atom is 0.267 e. The highest BCUT2D eigenvalue weighted by Crippen LogP contribution is 2.20. The molecule has 2 aliphatic rings. The van der Waals surface area contributed by atoms with E-state index in [4.69, 9.17) is 0 Å². The van der Waals surface area contributed by atoms with Crippen molar-refractivity contribution in [1.82, 2.24) is 19.9 Å². The zero-order valence-corrected chi connectivity index (χ0v) is 14.8. The molecule has 1 amide bonds. The SMILES string of the molecule is O=C(NCC1CNCC1O)c1cc(S(=O)(=O)N2CCSCC2)c[nH]1. The smallest absolute Gasteiger partial charge is 0.267 e. The Morgan fingerprint density at radius 2 is 2.12 bits per heavy atom. The molecule has 1 aromatic heterocycles. The van der Waals surface area contributed by atoms with Gasteiger partial charge in [-0.1, -0.05) is 0 Å². The summed E-state index contributed by atoms with van der Waals surface area (Å²) in [6.07, 6.45) is 0.889. The van der Waals surface area contributed by atoms with Gasteiger partial charge in [0.2, 0.25) is 10.0 Å². The molecule has 0 spiro atoms. The Hall–Kier alpha value is -1.07. The average Bonchev–Trinajstić information content (AvgIpc) is 3.23. The van der Waals surface area contributed by atoms with Crippen LogP contribution in [0, 0.1) is 5.92 Å². The number of rotatable bonds is 5. The van der Waals surface area contributed by atoms with Crippen LogP contribution in [0.3, 0.4) is 0 Å². The van der Waals surface area contributed by atoms with E-state index in [0.717, 1.165) is 11.5 Å². The summed E-state index contributed by atoms with van der Waals surface area (Å²) in [5.41, 5.74) is 0.209. The normalized spacial score (nSPS) is 25.7. The predicted octanol–water partition coefficient (Wildman–Crippen LogP) is -0.938. The molecule has 2 fully saturated rings. The molecule has 0 saturated carbocycles. The number of aromatic nitrogens is 1. The fourth-order valence-electron chi connectivity index (χ4n) is 2.84. The van der Waals surface area contributed by atoms with E-state index < -0.39 is 16.1 Å². The Balaban J connectivity index is 1.62. The van der Waals surface area contributed by atoms with Crippen LogP contribution in [0.2, 0.25) is 0 Å². The van der Waals surface area contributed by atoms with Crippen LogP contribution in [0.5, 0.6) is 0 Å². The largest absolute Gasteiger partial charge is 0.391 e. The first-order valence-electron chi connectivity index (χ1n) is 7.92. The number of nitrogens with one attached hydrogen (secondary N) is 3. The zero-order chi connectivity index (χ0) is 17.2. The second-order valence-corrected chi connectivity index (χ2v) is 9.12. The number of carbonyl (C=O) groups is 1. The molecule has 2 saturated heterocycles. The lowest BCUT2D eigenvalue weighted by Gasteiger charge is -2.24. The third-order valence-corrected chi connectivity index (χ3v) is 7.16. The van der Waals surface area contributed by atoms with Crippen LogP contribution in [0.4, 0.5) is 0 Å². The van der Waals surface area contributed by atoms with E-state index in [-0.39, 0.29) is 22.4 Å². The number of aliphatic hydroxyl groups excluding tert-OH is 1. The summed E-state index contributed by atoms with van der Waals surface area (Å²) < 4.78 is 26.6. The summed E-state index contributed by atoms with van der Waals surface area (Å²) in [6, 6.07) is 1.37. The van der Waals surface area contributed by atoms with E-state index in [1.54, 1.807) is 11.8 Å². The third-order valence-electron chi connectivity index (χ3n) is 4.34. The van der Waals surface area contributed by atoms with Gasteiger partial charge in [-0.3, -0.25) is 4.79 Å². The molecule has 0 aliphatic carbocycles. The molecule has 3 rings (SSSR count). The van der Waals surface area contributed by atoms with Gasteiger partial charge in [-0.15, -0.1) is 0 Å². The maximum absolute atomic E-state index is 12.6. The lowest BCUT2D eigenvalue weighted by Crippen LogP contribution is -2.37. The zero-order valence-electron chi connectivity index (χ0n) is 13.2. The van der Waals surface area contributed by atoms with Crippen molar-refractivity contribution in [3.8, 4) is 0 Å². The predicted molar refractivity (Wildman–Crippen MR) is 91.6 cm³/mol. The second kappa shape index (κ2) is 7.44. The molecular formula is C14H22N4O4S2. The minimum Gasteiger partial charge on any atom is -0.391 e. The highest BCUT2D eigenvalue weighted by atomic mass is 32.2. The van der Waals surface area contributed by atoms with Gasteiger partial charge in [0, 0.05) is 56.3 Å². The summed E-state index contributed by atoms with van der Waals surface area (Å²) >= 11 is 1.74. The minimum absolute atomic E-state index is 0.0297. The van der Waals surface area contributed by atoms with E-state index in [0.29, 0.717) is 32.7 Å². The Morgan fingerprint density at radius 1 is 1.38 bits per heavy atom. The van der Waals surface area contributed by atoms with Gasteiger partial charge in [0.25, 0.3) is 5.91 Å². The molecule has 0 bridgehead atoms. The standard InChI is InChI=1S/C14H22N4O4S2/c19-13-9-15-6-10(13)7-17-14(20)12-5-11(8-16-12)24(21,22)18-1-3-23-4-2-18/h5,8,10,13,15-16,19H,1-4,6-7,9H2,(H,17,20). The van der Waals surface area contributed by atoms with Gasteiger partial charge >= 0.3 is 0 Å². The minimum atomic E-state index is -3.56. The highest BCUT2D eigenvalue weighted by Gasteiger charge is 2.28. The molecule has 10 heteroatoms. The van der Waals surface area contributed by atoms with E-state index in [9.17, 15) is 18.3 Å². The van der Waals surface area contributed by atoms with Crippen molar-refractivity contribution in [2.75, 3.05) is 44.2 Å². The Kier molecular flexibility index (Phi) is 5.50. The summed E-state index contributed by atoms with van der Waals surface area (Å²) in [4.78, 5) is 15.0. The van der Waals surface area contributed by atoms with Gasteiger partial charge in [-0.2, -0.15) is 16.1 Å². The first-order chi connectivity index (χ1) is 11.5. The molecule has 24 heavy (non-hydrogen) atoms. The quantitative estimate of drug-likeness (QED) is 0.529. The Labute approximate surface area is 145 Å².